The van der Waals surface area contributed by atoms with Gasteiger partial charge in [-0.05, 0) is 49.4 Å². The molecule has 3 N–H and O–H groups in total. The van der Waals surface area contributed by atoms with Crippen LogP contribution in [0, 0.1) is 23.7 Å². The highest BCUT2D eigenvalue weighted by atomic mass is 31.2. The quantitative estimate of drug-likeness (QED) is 0.0222. The fourth-order valence-electron chi connectivity index (χ4n) is 9.69. The van der Waals surface area contributed by atoms with Crippen molar-refractivity contribution in [2.45, 2.75) is 337 Å². The number of hydrogen-bond donors (Lipinski definition) is 3. The summed E-state index contributed by atoms with van der Waals surface area (Å²) in [4.78, 5) is 72.3. The van der Waals surface area contributed by atoms with E-state index in [0.717, 1.165) is 126 Å². The van der Waals surface area contributed by atoms with E-state index in [-0.39, 0.29) is 25.7 Å². The van der Waals surface area contributed by atoms with Crippen LogP contribution in [0.3, 0.4) is 0 Å². The number of carbonyl (C=O) groups is 4. The van der Waals surface area contributed by atoms with Gasteiger partial charge in [-0.15, -0.1) is 0 Å². The summed E-state index contributed by atoms with van der Waals surface area (Å²) in [6.45, 7) is 14.0. The third-order valence-corrected chi connectivity index (χ3v) is 18.1. The van der Waals surface area contributed by atoms with Crippen LogP contribution in [0.1, 0.15) is 319 Å². The van der Waals surface area contributed by atoms with Crippen LogP contribution in [0.4, 0.5) is 0 Å². The number of ether oxygens (including phenoxy) is 4. The standard InChI is InChI=1S/C66H128O17P2/c1-9-57(6)43-35-27-19-16-17-21-33-41-49-66(71)83-62(53-77-64(69)47-39-31-25-23-29-37-45-59(8)11-3)55-81-85(74,75)79-51-60(67)50-78-84(72,73)80-54-61(52-76-63(68)46-38-30-24-22-28-36-44-58(7)10-2)82-65(70)48-40-32-20-15-13-12-14-18-26-34-42-56(4)5/h56-62,67H,9-55H2,1-8H3,(H,72,73)(H,74,75)/t57?,58?,59?,60-,61-,62-/m1/s1. The molecule has 0 aromatic rings. The summed E-state index contributed by atoms with van der Waals surface area (Å²) >= 11 is 0. The molecule has 85 heavy (non-hydrogen) atoms. The molecule has 0 saturated heterocycles. The normalized spacial score (nSPS) is 15.3. The summed E-state index contributed by atoms with van der Waals surface area (Å²) < 4.78 is 68.1. The Kier molecular flexibility index (Phi) is 54.8. The minimum Gasteiger partial charge on any atom is -0.462 e. The predicted octanol–water partition coefficient (Wildman–Crippen LogP) is 18.1. The molecule has 0 rings (SSSR count). The molecular weight excluding hydrogens is 1130 g/mol. The molecule has 0 amide bonds. The molecule has 0 aliphatic heterocycles. The van der Waals surface area contributed by atoms with E-state index in [9.17, 15) is 43.2 Å². The lowest BCUT2D eigenvalue weighted by Gasteiger charge is -2.21. The lowest BCUT2D eigenvalue weighted by Crippen LogP contribution is -2.30. The first-order valence-electron chi connectivity index (χ1n) is 34.3. The van der Waals surface area contributed by atoms with Crippen molar-refractivity contribution in [3.05, 3.63) is 0 Å². The number of phosphoric ester groups is 2. The van der Waals surface area contributed by atoms with Gasteiger partial charge in [-0.1, -0.05) is 267 Å². The van der Waals surface area contributed by atoms with E-state index >= 15 is 0 Å². The van der Waals surface area contributed by atoms with Gasteiger partial charge in [0.1, 0.15) is 19.3 Å². The molecular formula is C66H128O17P2. The van der Waals surface area contributed by atoms with Gasteiger partial charge < -0.3 is 33.8 Å². The maximum absolute atomic E-state index is 13.0. The van der Waals surface area contributed by atoms with Gasteiger partial charge in [-0.2, -0.15) is 0 Å². The number of rotatable bonds is 63. The Labute approximate surface area is 517 Å². The van der Waals surface area contributed by atoms with Crippen LogP contribution in [0.15, 0.2) is 0 Å². The van der Waals surface area contributed by atoms with Gasteiger partial charge in [0, 0.05) is 25.7 Å². The minimum atomic E-state index is -4.95. The minimum absolute atomic E-state index is 0.103. The van der Waals surface area contributed by atoms with Gasteiger partial charge in [-0.3, -0.25) is 37.3 Å². The van der Waals surface area contributed by atoms with Gasteiger partial charge >= 0.3 is 39.5 Å². The summed E-state index contributed by atoms with van der Waals surface area (Å²) in [6.07, 6.45) is 36.2. The molecule has 0 radical (unpaired) electrons. The first-order valence-corrected chi connectivity index (χ1v) is 37.3. The van der Waals surface area contributed by atoms with Gasteiger partial charge in [-0.25, -0.2) is 9.13 Å². The molecule has 0 aliphatic rings. The number of carbonyl (C=O) groups excluding carboxylic acids is 4. The molecule has 0 fully saturated rings. The molecule has 0 saturated carbocycles. The Hall–Kier alpha value is -1.94. The van der Waals surface area contributed by atoms with Crippen LogP contribution < -0.4 is 0 Å². The number of phosphoric acid groups is 2. The molecule has 19 heteroatoms. The van der Waals surface area contributed by atoms with Crippen LogP contribution in [0.5, 0.6) is 0 Å². The summed E-state index contributed by atoms with van der Waals surface area (Å²) in [7, 11) is -9.90. The lowest BCUT2D eigenvalue weighted by molar-refractivity contribution is -0.161. The average molecular weight is 1260 g/mol. The van der Waals surface area contributed by atoms with E-state index in [1.807, 2.05) is 0 Å². The molecule has 504 valence electrons. The number of aliphatic hydroxyl groups is 1. The number of hydrogen-bond acceptors (Lipinski definition) is 15. The second-order valence-corrected chi connectivity index (χ2v) is 28.0. The highest BCUT2D eigenvalue weighted by molar-refractivity contribution is 7.47. The molecule has 5 unspecified atom stereocenters. The van der Waals surface area contributed by atoms with Crippen molar-refractivity contribution >= 4 is 39.5 Å². The van der Waals surface area contributed by atoms with Crippen molar-refractivity contribution in [3.63, 3.8) is 0 Å². The lowest BCUT2D eigenvalue weighted by atomic mass is 9.99. The van der Waals surface area contributed by atoms with E-state index in [4.69, 9.17) is 37.0 Å². The molecule has 0 bridgehead atoms. The Morgan fingerprint density at radius 2 is 0.565 bits per heavy atom. The zero-order valence-corrected chi connectivity index (χ0v) is 57.0. The Balaban J connectivity index is 5.28. The van der Waals surface area contributed by atoms with Crippen LogP contribution in [0.25, 0.3) is 0 Å². The average Bonchev–Trinajstić information content (AvgIpc) is 3.57. The van der Waals surface area contributed by atoms with Crippen LogP contribution in [0.2, 0.25) is 0 Å². The van der Waals surface area contributed by atoms with Crippen LogP contribution in [-0.4, -0.2) is 96.7 Å². The van der Waals surface area contributed by atoms with Gasteiger partial charge in [0.05, 0.1) is 26.4 Å². The van der Waals surface area contributed by atoms with Crippen molar-refractivity contribution in [3.8, 4) is 0 Å². The second-order valence-electron chi connectivity index (χ2n) is 25.1. The summed E-state index contributed by atoms with van der Waals surface area (Å²) in [5.41, 5.74) is 0. The Morgan fingerprint density at radius 3 is 0.835 bits per heavy atom. The monoisotopic (exact) mass is 1250 g/mol. The fourth-order valence-corrected chi connectivity index (χ4v) is 11.3. The third kappa shape index (κ3) is 57.0. The van der Waals surface area contributed by atoms with Gasteiger partial charge in [0.15, 0.2) is 12.2 Å². The zero-order chi connectivity index (χ0) is 63.2. The third-order valence-electron chi connectivity index (χ3n) is 16.2. The highest BCUT2D eigenvalue weighted by Crippen LogP contribution is 2.45. The van der Waals surface area contributed by atoms with Crippen molar-refractivity contribution in [2.24, 2.45) is 23.7 Å². The number of aliphatic hydroxyl groups excluding tert-OH is 1. The number of unbranched alkanes of at least 4 members (excludes halogenated alkanes) is 26. The van der Waals surface area contributed by atoms with Crippen molar-refractivity contribution < 1.29 is 80.2 Å². The number of esters is 4. The second kappa shape index (κ2) is 56.1. The van der Waals surface area contributed by atoms with Gasteiger partial charge in [0.25, 0.3) is 0 Å². The molecule has 0 aromatic heterocycles. The van der Waals surface area contributed by atoms with Crippen molar-refractivity contribution in [1.82, 2.24) is 0 Å². The first-order chi connectivity index (χ1) is 40.7. The molecule has 0 aromatic carbocycles. The predicted molar refractivity (Wildman–Crippen MR) is 340 cm³/mol. The van der Waals surface area contributed by atoms with Gasteiger partial charge in [0.2, 0.25) is 0 Å². The SMILES string of the molecule is CCC(C)CCCCCCCCCCC(=O)O[C@H](COC(=O)CCCCCCCCC(C)CC)COP(=O)(O)OC[C@H](O)COP(=O)(O)OC[C@@H](COC(=O)CCCCCCCCC(C)CC)OC(=O)CCCCCCCCCCCCC(C)C. The Morgan fingerprint density at radius 1 is 0.329 bits per heavy atom. The smallest absolute Gasteiger partial charge is 0.462 e. The van der Waals surface area contributed by atoms with E-state index in [2.05, 4.69) is 55.4 Å². The van der Waals surface area contributed by atoms with E-state index < -0.39 is 97.5 Å². The molecule has 8 atom stereocenters. The van der Waals surface area contributed by atoms with E-state index in [1.54, 1.807) is 0 Å². The highest BCUT2D eigenvalue weighted by Gasteiger charge is 2.30. The summed E-state index contributed by atoms with van der Waals surface area (Å²) in [5, 5.41) is 10.6. The fraction of sp³-hybridized carbons (Fsp3) is 0.939. The topological polar surface area (TPSA) is 237 Å². The Bertz CT molecular complexity index is 1700. The van der Waals surface area contributed by atoms with Crippen LogP contribution in [-0.2, 0) is 65.4 Å². The van der Waals surface area contributed by atoms with E-state index in [1.165, 1.54) is 109 Å². The molecule has 0 spiro atoms. The summed E-state index contributed by atoms with van der Waals surface area (Å²) in [5.74, 6) is 0.845. The summed E-state index contributed by atoms with van der Waals surface area (Å²) in [6, 6.07) is 0. The molecule has 0 aliphatic carbocycles. The molecule has 17 nitrogen and oxygen atoms in total. The largest absolute Gasteiger partial charge is 0.472 e. The zero-order valence-electron chi connectivity index (χ0n) is 55.2. The van der Waals surface area contributed by atoms with Crippen LogP contribution >= 0.6 is 15.6 Å². The molecule has 0 heterocycles. The first kappa shape index (κ1) is 83.1. The van der Waals surface area contributed by atoms with E-state index in [0.29, 0.717) is 25.7 Å². The maximum Gasteiger partial charge on any atom is 0.472 e. The van der Waals surface area contributed by atoms with Crippen molar-refractivity contribution in [2.75, 3.05) is 39.6 Å². The van der Waals surface area contributed by atoms with Crippen molar-refractivity contribution in [1.29, 1.82) is 0 Å². The maximum atomic E-state index is 13.0.